The molecule has 1 unspecified atom stereocenters. The molecule has 0 radical (unpaired) electrons. The zero-order chi connectivity index (χ0) is 21.0. The van der Waals surface area contributed by atoms with Gasteiger partial charge >= 0.3 is 5.97 Å². The first-order valence-electron chi connectivity index (χ1n) is 12.3. The average Bonchev–Trinajstić information content (AvgIpc) is 3.06. The Bertz CT molecular complexity index is 656. The van der Waals surface area contributed by atoms with Gasteiger partial charge in [0.05, 0.1) is 7.11 Å². The lowest BCUT2D eigenvalue weighted by Crippen LogP contribution is -2.57. The van der Waals surface area contributed by atoms with Crippen LogP contribution in [-0.4, -0.2) is 18.9 Å². The van der Waals surface area contributed by atoms with Gasteiger partial charge in [-0.15, -0.1) is 0 Å². The number of ketones is 1. The smallest absolute Gasteiger partial charge is 0.305 e. The molecule has 4 fully saturated rings. The molecule has 0 N–H and O–H groups in total. The molecule has 0 aromatic carbocycles. The summed E-state index contributed by atoms with van der Waals surface area (Å²) >= 11 is 0. The fourth-order valence-electron chi connectivity index (χ4n) is 8.77. The number of Topliss-reactive ketones (excluding diaryl/α,β-unsaturated/α-hetero) is 1. The molecule has 3 heteroatoms. The first-order valence-corrected chi connectivity index (χ1v) is 12.3. The summed E-state index contributed by atoms with van der Waals surface area (Å²) in [5.74, 6) is 4.89. The molecule has 0 heterocycles. The third-order valence-corrected chi connectivity index (χ3v) is 10.6. The maximum absolute atomic E-state index is 13.8. The highest BCUT2D eigenvalue weighted by atomic mass is 16.5. The molecule has 164 valence electrons. The van der Waals surface area contributed by atoms with Crippen LogP contribution in [0.4, 0.5) is 0 Å². The number of hydrogen-bond donors (Lipinski definition) is 0. The average molecular weight is 403 g/mol. The first kappa shape index (κ1) is 21.4. The quantitative estimate of drug-likeness (QED) is 0.538. The van der Waals surface area contributed by atoms with Crippen LogP contribution in [0.5, 0.6) is 0 Å². The van der Waals surface area contributed by atoms with Crippen molar-refractivity contribution >= 4 is 11.8 Å². The van der Waals surface area contributed by atoms with E-state index in [4.69, 9.17) is 4.74 Å². The van der Waals surface area contributed by atoms with Gasteiger partial charge in [0.25, 0.3) is 0 Å². The van der Waals surface area contributed by atoms with Gasteiger partial charge in [0.1, 0.15) is 5.78 Å². The van der Waals surface area contributed by atoms with Crippen LogP contribution < -0.4 is 0 Å². The highest BCUT2D eigenvalue weighted by Gasteiger charge is 2.63. The predicted octanol–water partition coefficient (Wildman–Crippen LogP) is 6.05. The summed E-state index contributed by atoms with van der Waals surface area (Å²) < 4.78 is 4.85. The molecule has 0 saturated heterocycles. The minimum Gasteiger partial charge on any atom is -0.469 e. The van der Waals surface area contributed by atoms with Crippen molar-refractivity contribution in [3.63, 3.8) is 0 Å². The Hall–Kier alpha value is -0.860. The molecule has 3 nitrogen and oxygen atoms in total. The van der Waals surface area contributed by atoms with E-state index in [1.54, 1.807) is 0 Å². The van der Waals surface area contributed by atoms with Gasteiger partial charge in [-0.2, -0.15) is 0 Å². The Morgan fingerprint density at radius 2 is 1.90 bits per heavy atom. The van der Waals surface area contributed by atoms with E-state index < -0.39 is 0 Å². The molecule has 4 rings (SSSR count). The molecule has 4 saturated carbocycles. The molecular weight excluding hydrogens is 360 g/mol. The van der Waals surface area contributed by atoms with Crippen molar-refractivity contribution in [3.05, 3.63) is 0 Å². The van der Waals surface area contributed by atoms with Crippen LogP contribution in [0.25, 0.3) is 0 Å². The molecule has 4 aliphatic carbocycles. The van der Waals surface area contributed by atoms with Gasteiger partial charge in [0.15, 0.2) is 0 Å². The maximum Gasteiger partial charge on any atom is 0.305 e. The minimum absolute atomic E-state index is 0.121. The monoisotopic (exact) mass is 402 g/mol. The molecule has 29 heavy (non-hydrogen) atoms. The van der Waals surface area contributed by atoms with E-state index in [0.717, 1.165) is 37.0 Å². The normalized spacial score (nSPS) is 47.7. The van der Waals surface area contributed by atoms with Crippen molar-refractivity contribution in [2.75, 3.05) is 7.11 Å². The lowest BCUT2D eigenvalue weighted by atomic mass is 9.43. The van der Waals surface area contributed by atoms with Crippen LogP contribution in [-0.2, 0) is 14.3 Å². The van der Waals surface area contributed by atoms with Crippen LogP contribution in [0.3, 0.4) is 0 Å². The molecule has 0 spiro atoms. The van der Waals surface area contributed by atoms with Gasteiger partial charge < -0.3 is 4.74 Å². The zero-order valence-corrected chi connectivity index (χ0v) is 19.3. The second-order valence-electron chi connectivity index (χ2n) is 11.7. The summed E-state index contributed by atoms with van der Waals surface area (Å²) in [6, 6.07) is 0. The molecule has 4 aliphatic rings. The third-order valence-electron chi connectivity index (χ3n) is 10.6. The van der Waals surface area contributed by atoms with Gasteiger partial charge in [-0.1, -0.05) is 34.1 Å². The fourth-order valence-corrected chi connectivity index (χ4v) is 8.77. The Kier molecular flexibility index (Phi) is 5.66. The second kappa shape index (κ2) is 7.68. The van der Waals surface area contributed by atoms with Crippen LogP contribution in [0, 0.1) is 52.3 Å². The first-order chi connectivity index (χ1) is 13.7. The number of esters is 1. The van der Waals surface area contributed by atoms with Gasteiger partial charge in [0.2, 0.25) is 0 Å². The van der Waals surface area contributed by atoms with E-state index in [1.165, 1.54) is 45.6 Å². The minimum atomic E-state index is -0.165. The van der Waals surface area contributed by atoms with Crippen molar-refractivity contribution < 1.29 is 14.3 Å². The Morgan fingerprint density at radius 1 is 1.14 bits per heavy atom. The zero-order valence-electron chi connectivity index (χ0n) is 19.3. The Labute approximate surface area is 177 Å². The summed E-state index contributed by atoms with van der Waals surface area (Å²) in [7, 11) is 1.47. The molecular formula is C26H42O3. The van der Waals surface area contributed by atoms with Crippen LogP contribution in [0.1, 0.15) is 91.9 Å². The molecule has 0 aromatic rings. The molecule has 0 bridgehead atoms. The van der Waals surface area contributed by atoms with Gasteiger partial charge in [-0.25, -0.2) is 0 Å². The van der Waals surface area contributed by atoms with Crippen LogP contribution >= 0.6 is 0 Å². The highest BCUT2D eigenvalue weighted by Crippen LogP contribution is 2.67. The van der Waals surface area contributed by atoms with Gasteiger partial charge in [-0.05, 0) is 91.8 Å². The van der Waals surface area contributed by atoms with E-state index in [9.17, 15) is 9.59 Å². The number of hydrogen-bond acceptors (Lipinski definition) is 3. The van der Waals surface area contributed by atoms with Crippen molar-refractivity contribution in [1.82, 2.24) is 0 Å². The van der Waals surface area contributed by atoms with Crippen LogP contribution in [0.2, 0.25) is 0 Å². The lowest BCUT2D eigenvalue weighted by molar-refractivity contribution is -0.158. The molecule has 0 aromatic heterocycles. The molecule has 0 amide bonds. The van der Waals surface area contributed by atoms with E-state index in [1.807, 2.05) is 0 Å². The number of carbonyl (C=O) groups excluding carboxylic acids is 2. The van der Waals surface area contributed by atoms with Crippen molar-refractivity contribution in [2.24, 2.45) is 52.3 Å². The lowest BCUT2D eigenvalue weighted by Gasteiger charge is -2.60. The Balaban J connectivity index is 1.54. The predicted molar refractivity (Wildman–Crippen MR) is 115 cm³/mol. The summed E-state index contributed by atoms with van der Waals surface area (Å²) in [5, 5.41) is 0. The largest absolute Gasteiger partial charge is 0.469 e. The number of ether oxygens (including phenoxy) is 1. The molecule has 0 aliphatic heterocycles. The fraction of sp³-hybridized carbons (Fsp3) is 0.923. The number of rotatable bonds is 4. The summed E-state index contributed by atoms with van der Waals surface area (Å²) in [5.41, 5.74) is 0.225. The van der Waals surface area contributed by atoms with Crippen molar-refractivity contribution in [2.45, 2.75) is 91.9 Å². The number of carbonyl (C=O) groups is 2. The second-order valence-corrected chi connectivity index (χ2v) is 11.7. The van der Waals surface area contributed by atoms with Gasteiger partial charge in [-0.3, -0.25) is 9.59 Å². The van der Waals surface area contributed by atoms with E-state index >= 15 is 0 Å². The summed E-state index contributed by atoms with van der Waals surface area (Å²) in [6.45, 7) is 9.54. The van der Waals surface area contributed by atoms with E-state index in [2.05, 4.69) is 27.7 Å². The highest BCUT2D eigenvalue weighted by molar-refractivity contribution is 5.87. The van der Waals surface area contributed by atoms with Gasteiger partial charge in [0, 0.05) is 18.3 Å². The summed E-state index contributed by atoms with van der Waals surface area (Å²) in [4.78, 5) is 25.4. The van der Waals surface area contributed by atoms with Crippen LogP contribution in [0.15, 0.2) is 0 Å². The number of methoxy groups -OCH3 is 1. The van der Waals surface area contributed by atoms with E-state index in [0.29, 0.717) is 41.3 Å². The molecule has 9 atom stereocenters. The van der Waals surface area contributed by atoms with Crippen molar-refractivity contribution in [3.8, 4) is 0 Å². The third kappa shape index (κ3) is 3.30. The SMILES string of the molecule is COC(=O)CC[C@@H](C)C1CC[C@H]2[C@@H]3CC[C@@H]4C[C@H](C)CC[C@]4(C)[C@H]3CC(=O)[C@]12C. The standard InChI is InChI=1S/C26H42O3/c1-16-12-13-25(3)18(14-16)7-8-19-21-10-9-20(17(2)6-11-24(28)29-5)26(21,4)23(27)15-22(19)25/h16-22H,6-15H2,1-5H3/t16-,17-,18-,19+,20?,21+,22+,25+,26-/m1/s1. The Morgan fingerprint density at radius 3 is 2.62 bits per heavy atom. The number of fused-ring (bicyclic) bond motifs is 5. The summed E-state index contributed by atoms with van der Waals surface area (Å²) in [6.07, 6.45) is 11.3. The van der Waals surface area contributed by atoms with Crippen molar-refractivity contribution in [1.29, 1.82) is 0 Å². The maximum atomic E-state index is 13.8. The van der Waals surface area contributed by atoms with E-state index in [-0.39, 0.29) is 11.4 Å². The topological polar surface area (TPSA) is 43.4 Å².